The number of fused-ring (bicyclic) bond motifs is 2. The number of rotatable bonds is 4. The maximum atomic E-state index is 12.1. The number of amides is 2. The Morgan fingerprint density at radius 2 is 1.96 bits per heavy atom. The first-order valence-electron chi connectivity index (χ1n) is 8.00. The van der Waals surface area contributed by atoms with E-state index in [0.717, 1.165) is 25.7 Å². The Morgan fingerprint density at radius 1 is 1.26 bits per heavy atom. The molecule has 1 heterocycles. The Hall–Kier alpha value is -1.11. The summed E-state index contributed by atoms with van der Waals surface area (Å²) in [5.41, 5.74) is 6.10. The van der Waals surface area contributed by atoms with E-state index in [1.165, 1.54) is 17.8 Å². The molecule has 2 bridgehead atoms. The van der Waals surface area contributed by atoms with Crippen LogP contribution in [0.15, 0.2) is 17.5 Å². The van der Waals surface area contributed by atoms with E-state index in [0.29, 0.717) is 16.7 Å². The Balaban J connectivity index is 0.00000192. The predicted molar refractivity (Wildman–Crippen MR) is 93.9 cm³/mol. The minimum absolute atomic E-state index is 0. The van der Waals surface area contributed by atoms with Gasteiger partial charge in [-0.1, -0.05) is 12.5 Å². The number of halogens is 1. The highest BCUT2D eigenvalue weighted by atomic mass is 35.5. The van der Waals surface area contributed by atoms with Crippen molar-refractivity contribution in [3.8, 4) is 0 Å². The van der Waals surface area contributed by atoms with Crippen molar-refractivity contribution in [1.82, 2.24) is 10.6 Å². The quantitative estimate of drug-likeness (QED) is 0.769. The van der Waals surface area contributed by atoms with Crippen molar-refractivity contribution < 1.29 is 9.59 Å². The molecule has 0 aromatic carbocycles. The third kappa shape index (κ3) is 4.46. The second-order valence-electron chi connectivity index (χ2n) is 6.44. The maximum absolute atomic E-state index is 12.1. The molecule has 128 valence electrons. The molecule has 2 atom stereocenters. The summed E-state index contributed by atoms with van der Waals surface area (Å²) in [7, 11) is 0. The number of hydrogen-bond donors (Lipinski definition) is 3. The average Bonchev–Trinajstić information content (AvgIpc) is 3.00. The molecule has 0 radical (unpaired) electrons. The number of thiophene rings is 1. The molecule has 2 saturated carbocycles. The molecule has 2 amide bonds. The largest absolute Gasteiger partial charge is 0.351 e. The molecule has 5 nitrogen and oxygen atoms in total. The van der Waals surface area contributed by atoms with E-state index in [-0.39, 0.29) is 42.8 Å². The monoisotopic (exact) mass is 357 g/mol. The topological polar surface area (TPSA) is 84.2 Å². The van der Waals surface area contributed by atoms with Gasteiger partial charge in [-0.05, 0) is 49.0 Å². The van der Waals surface area contributed by atoms with Crippen LogP contribution in [-0.4, -0.2) is 30.4 Å². The molecule has 2 aliphatic rings. The molecule has 0 saturated heterocycles. The Kier molecular flexibility index (Phi) is 6.44. The minimum Gasteiger partial charge on any atom is -0.351 e. The van der Waals surface area contributed by atoms with Crippen molar-refractivity contribution in [3.63, 3.8) is 0 Å². The molecule has 0 spiro atoms. The van der Waals surface area contributed by atoms with Gasteiger partial charge in [0.05, 0.1) is 11.4 Å². The molecule has 4 N–H and O–H groups in total. The van der Waals surface area contributed by atoms with Gasteiger partial charge >= 0.3 is 0 Å². The van der Waals surface area contributed by atoms with E-state index >= 15 is 0 Å². The van der Waals surface area contributed by atoms with E-state index < -0.39 is 0 Å². The Labute approximate surface area is 146 Å². The summed E-state index contributed by atoms with van der Waals surface area (Å²) >= 11 is 1.37. The van der Waals surface area contributed by atoms with Gasteiger partial charge in [0.1, 0.15) is 0 Å². The van der Waals surface area contributed by atoms with Crippen LogP contribution in [0, 0.1) is 11.8 Å². The summed E-state index contributed by atoms with van der Waals surface area (Å²) in [6.07, 6.45) is 5.54. The van der Waals surface area contributed by atoms with E-state index in [1.807, 2.05) is 11.4 Å². The lowest BCUT2D eigenvalue weighted by Crippen LogP contribution is -2.55. The predicted octanol–water partition coefficient (Wildman–Crippen LogP) is 1.92. The summed E-state index contributed by atoms with van der Waals surface area (Å²) < 4.78 is 0. The van der Waals surface area contributed by atoms with Crippen LogP contribution in [0.5, 0.6) is 0 Å². The van der Waals surface area contributed by atoms with Gasteiger partial charge in [0.2, 0.25) is 5.91 Å². The number of hydrogen-bond acceptors (Lipinski definition) is 4. The van der Waals surface area contributed by atoms with Crippen LogP contribution >= 0.6 is 23.7 Å². The van der Waals surface area contributed by atoms with Crippen LogP contribution in [0.3, 0.4) is 0 Å². The zero-order valence-electron chi connectivity index (χ0n) is 13.0. The van der Waals surface area contributed by atoms with Crippen LogP contribution in [0.25, 0.3) is 0 Å². The van der Waals surface area contributed by atoms with Gasteiger partial charge in [-0.3, -0.25) is 9.59 Å². The first-order valence-corrected chi connectivity index (χ1v) is 8.88. The minimum atomic E-state index is -0.184. The van der Waals surface area contributed by atoms with Gasteiger partial charge in [-0.25, -0.2) is 0 Å². The van der Waals surface area contributed by atoms with E-state index in [9.17, 15) is 9.59 Å². The highest BCUT2D eigenvalue weighted by Crippen LogP contribution is 2.39. The van der Waals surface area contributed by atoms with Gasteiger partial charge in [0, 0.05) is 12.1 Å². The van der Waals surface area contributed by atoms with Crippen molar-refractivity contribution in [1.29, 1.82) is 0 Å². The van der Waals surface area contributed by atoms with E-state index in [2.05, 4.69) is 10.6 Å². The van der Waals surface area contributed by atoms with Crippen molar-refractivity contribution in [2.45, 2.75) is 44.2 Å². The first kappa shape index (κ1) is 18.2. The smallest absolute Gasteiger partial charge is 0.261 e. The fourth-order valence-electron chi connectivity index (χ4n) is 3.92. The molecule has 1 aromatic rings. The molecular formula is C16H24ClN3O2S. The molecule has 2 aliphatic carbocycles. The third-order valence-electron chi connectivity index (χ3n) is 4.86. The van der Waals surface area contributed by atoms with Crippen LogP contribution < -0.4 is 16.4 Å². The first-order chi connectivity index (χ1) is 10.6. The second kappa shape index (κ2) is 8.13. The van der Waals surface area contributed by atoms with Crippen LogP contribution in [-0.2, 0) is 4.79 Å². The Bertz CT molecular complexity index is 523. The number of carbonyl (C=O) groups excluding carboxylic acids is 2. The zero-order chi connectivity index (χ0) is 15.5. The fourth-order valence-corrected chi connectivity index (χ4v) is 4.56. The molecule has 2 unspecified atom stereocenters. The van der Waals surface area contributed by atoms with Crippen molar-refractivity contribution in [2.75, 3.05) is 6.54 Å². The van der Waals surface area contributed by atoms with Gasteiger partial charge in [0.15, 0.2) is 0 Å². The Morgan fingerprint density at radius 3 is 2.57 bits per heavy atom. The summed E-state index contributed by atoms with van der Waals surface area (Å²) in [6.45, 7) is 0.0404. The highest BCUT2D eigenvalue weighted by Gasteiger charge is 2.39. The van der Waals surface area contributed by atoms with Crippen molar-refractivity contribution >= 4 is 35.6 Å². The zero-order valence-corrected chi connectivity index (χ0v) is 14.6. The lowest BCUT2D eigenvalue weighted by molar-refractivity contribution is -0.122. The summed E-state index contributed by atoms with van der Waals surface area (Å²) in [6, 6.07) is 4.10. The fraction of sp³-hybridized carbons (Fsp3) is 0.625. The number of nitrogens with one attached hydrogen (secondary N) is 2. The molecular weight excluding hydrogens is 334 g/mol. The average molecular weight is 358 g/mol. The molecule has 1 aromatic heterocycles. The van der Waals surface area contributed by atoms with Crippen molar-refractivity contribution in [2.24, 2.45) is 17.6 Å². The summed E-state index contributed by atoms with van der Waals surface area (Å²) in [4.78, 5) is 24.6. The van der Waals surface area contributed by atoms with E-state index in [4.69, 9.17) is 5.73 Å². The van der Waals surface area contributed by atoms with Gasteiger partial charge in [-0.2, -0.15) is 0 Å². The molecule has 3 rings (SSSR count). The highest BCUT2D eigenvalue weighted by molar-refractivity contribution is 7.12. The molecule has 2 fully saturated rings. The van der Waals surface area contributed by atoms with Gasteiger partial charge < -0.3 is 16.4 Å². The standard InChI is InChI=1S/C16H23N3O2S.ClH/c17-12-7-10-3-1-4-11(8-12)15(10)19-14(20)9-18-16(21)13-5-2-6-22-13;/h2,5-6,10-12,15H,1,3-4,7-9,17H2,(H,18,21)(H,19,20);1H. The second-order valence-corrected chi connectivity index (χ2v) is 7.38. The van der Waals surface area contributed by atoms with Crippen LogP contribution in [0.4, 0.5) is 0 Å². The number of nitrogens with two attached hydrogens (primary N) is 1. The molecule has 23 heavy (non-hydrogen) atoms. The lowest BCUT2D eigenvalue weighted by Gasteiger charge is -2.45. The summed E-state index contributed by atoms with van der Waals surface area (Å²) in [5, 5.41) is 7.67. The SMILES string of the molecule is Cl.NC1CC2CCCC(C1)C2NC(=O)CNC(=O)c1cccs1. The van der Waals surface area contributed by atoms with E-state index in [1.54, 1.807) is 6.07 Å². The van der Waals surface area contributed by atoms with Gasteiger partial charge in [-0.15, -0.1) is 23.7 Å². The number of carbonyl (C=O) groups is 2. The molecule has 7 heteroatoms. The third-order valence-corrected chi connectivity index (χ3v) is 5.73. The maximum Gasteiger partial charge on any atom is 0.261 e. The van der Waals surface area contributed by atoms with Crippen molar-refractivity contribution in [3.05, 3.63) is 22.4 Å². The van der Waals surface area contributed by atoms with Gasteiger partial charge in [0.25, 0.3) is 5.91 Å². The van der Waals surface area contributed by atoms with Crippen LogP contribution in [0.2, 0.25) is 0 Å². The lowest BCUT2D eigenvalue weighted by atomic mass is 9.67. The van der Waals surface area contributed by atoms with Crippen LogP contribution in [0.1, 0.15) is 41.8 Å². The molecule has 0 aliphatic heterocycles. The normalized spacial score (nSPS) is 29.3. The summed E-state index contributed by atoms with van der Waals surface area (Å²) in [5.74, 6) is 0.720.